The van der Waals surface area contributed by atoms with Crippen LogP contribution in [0.15, 0.2) is 0 Å². The molecule has 0 rings (SSSR count). The Kier molecular flexibility index (Phi) is 13.3. The molecule has 0 heterocycles. The molecule has 0 amide bonds. The van der Waals surface area contributed by atoms with E-state index in [-0.39, 0.29) is 70.0 Å². The molecule has 0 saturated carbocycles. The number of hydrogen-bond acceptors (Lipinski definition) is 1. The summed E-state index contributed by atoms with van der Waals surface area (Å²) in [4.78, 5) is 0. The van der Waals surface area contributed by atoms with Crippen molar-refractivity contribution in [2.24, 2.45) is 0 Å². The van der Waals surface area contributed by atoms with Crippen molar-refractivity contribution in [1.29, 1.82) is 0 Å². The van der Waals surface area contributed by atoms with E-state index >= 15 is 0 Å². The molecule has 0 bridgehead atoms. The van der Waals surface area contributed by atoms with Crippen LogP contribution in [0.25, 0.3) is 0 Å². The summed E-state index contributed by atoms with van der Waals surface area (Å²) in [5.74, 6) is 0. The van der Waals surface area contributed by atoms with Gasteiger partial charge in [0.15, 0.2) is 6.23 Å². The van der Waals surface area contributed by atoms with Gasteiger partial charge in [0.25, 0.3) is 0 Å². The van der Waals surface area contributed by atoms with Gasteiger partial charge in [0.1, 0.15) is 0 Å². The second-order valence-corrected chi connectivity index (χ2v) is 3.01. The first-order valence-corrected chi connectivity index (χ1v) is 2.97. The number of aliphatic hydroxyl groups excluding tert-OH is 1. The normalized spacial score (nSPS) is 12.9. The van der Waals surface area contributed by atoms with Crippen LogP contribution in [0.3, 0.4) is 0 Å². The van der Waals surface area contributed by atoms with Crippen LogP contribution in [-0.4, -0.2) is 88.3 Å². The molecule has 0 fully saturated rings. The van der Waals surface area contributed by atoms with Crippen molar-refractivity contribution >= 4 is 63.8 Å². The van der Waals surface area contributed by atoms with Crippen LogP contribution in [0.1, 0.15) is 13.3 Å². The fourth-order valence-electron chi connectivity index (χ4n) is 0.548. The first-order valence-electron chi connectivity index (χ1n) is 2.97. The number of quaternary nitrogens is 1. The molecule has 0 aromatic rings. The van der Waals surface area contributed by atoms with Crippen molar-refractivity contribution in [2.45, 2.75) is 19.6 Å². The van der Waals surface area contributed by atoms with E-state index in [1.165, 1.54) is 0 Å². The summed E-state index contributed by atoms with van der Waals surface area (Å²) < 4.78 is 0.635. The SMILES string of the molecule is CCC(O)[N+](C)(C)C.Cl.[KH]. The van der Waals surface area contributed by atoms with Gasteiger partial charge in [-0.3, -0.25) is 0 Å². The van der Waals surface area contributed by atoms with E-state index in [1.54, 1.807) is 0 Å². The minimum absolute atomic E-state index is 0. The Hall–Kier alpha value is 1.85. The second-order valence-electron chi connectivity index (χ2n) is 3.01. The summed E-state index contributed by atoms with van der Waals surface area (Å²) in [6.07, 6.45) is 0.610. The van der Waals surface area contributed by atoms with Crippen molar-refractivity contribution < 1.29 is 9.59 Å². The van der Waals surface area contributed by atoms with Crippen LogP contribution in [-0.2, 0) is 0 Å². The van der Waals surface area contributed by atoms with Gasteiger partial charge < -0.3 is 9.59 Å². The van der Waals surface area contributed by atoms with Crippen molar-refractivity contribution in [3.8, 4) is 0 Å². The molecule has 0 saturated heterocycles. The summed E-state index contributed by atoms with van der Waals surface area (Å²) in [5.41, 5.74) is 0. The van der Waals surface area contributed by atoms with Gasteiger partial charge in [-0.05, 0) is 0 Å². The number of halogens is 1. The van der Waals surface area contributed by atoms with Gasteiger partial charge in [-0.15, -0.1) is 12.4 Å². The van der Waals surface area contributed by atoms with Gasteiger partial charge in [-0.25, -0.2) is 0 Å². The minimum atomic E-state index is -0.213. The van der Waals surface area contributed by atoms with Crippen LogP contribution >= 0.6 is 12.4 Å². The number of aliphatic hydroxyl groups is 1. The molecule has 0 aliphatic carbocycles. The molecule has 1 unspecified atom stereocenters. The van der Waals surface area contributed by atoms with Crippen LogP contribution in [0.2, 0.25) is 0 Å². The summed E-state index contributed by atoms with van der Waals surface area (Å²) >= 11 is 0. The Labute approximate surface area is 112 Å². The van der Waals surface area contributed by atoms with Crippen LogP contribution in [0.4, 0.5) is 0 Å². The zero-order chi connectivity index (χ0) is 6.78. The van der Waals surface area contributed by atoms with Gasteiger partial charge in [0.2, 0.25) is 0 Å². The third kappa shape index (κ3) is 7.95. The Balaban J connectivity index is -0.000000245. The third-order valence-corrected chi connectivity index (χ3v) is 1.26. The third-order valence-electron chi connectivity index (χ3n) is 1.26. The molecule has 1 N–H and O–H groups in total. The van der Waals surface area contributed by atoms with Crippen LogP contribution < -0.4 is 0 Å². The number of hydrogen-bond donors (Lipinski definition) is 1. The van der Waals surface area contributed by atoms with E-state index in [4.69, 9.17) is 5.11 Å². The second kappa shape index (κ2) is 7.49. The monoisotopic (exact) mass is 194 g/mol. The molecular formula is C6H18ClKNO+. The molecule has 4 heteroatoms. The van der Waals surface area contributed by atoms with E-state index in [9.17, 15) is 0 Å². The van der Waals surface area contributed by atoms with Crippen LogP contribution in [0.5, 0.6) is 0 Å². The average molecular weight is 195 g/mol. The Morgan fingerprint density at radius 3 is 1.60 bits per heavy atom. The predicted molar refractivity (Wildman–Crippen MR) is 48.7 cm³/mol. The number of nitrogens with zero attached hydrogens (tertiary/aromatic N) is 1. The van der Waals surface area contributed by atoms with Gasteiger partial charge in [0, 0.05) is 6.42 Å². The Morgan fingerprint density at radius 1 is 1.30 bits per heavy atom. The fraction of sp³-hybridized carbons (Fsp3) is 1.00. The summed E-state index contributed by atoms with van der Waals surface area (Å²) in [6, 6.07) is 0. The zero-order valence-corrected chi connectivity index (χ0v) is 7.40. The topological polar surface area (TPSA) is 20.2 Å². The molecule has 1 atom stereocenters. The molecule has 0 aliphatic heterocycles. The molecule has 0 radical (unpaired) electrons. The summed E-state index contributed by atoms with van der Waals surface area (Å²) in [7, 11) is 5.94. The summed E-state index contributed by atoms with van der Waals surface area (Å²) in [5, 5.41) is 9.17. The Morgan fingerprint density at radius 2 is 1.60 bits per heavy atom. The van der Waals surface area contributed by atoms with Gasteiger partial charge >= 0.3 is 51.4 Å². The summed E-state index contributed by atoms with van der Waals surface area (Å²) in [6.45, 7) is 1.98. The van der Waals surface area contributed by atoms with Gasteiger partial charge in [0.05, 0.1) is 21.1 Å². The van der Waals surface area contributed by atoms with Crippen LogP contribution in [0, 0.1) is 0 Å². The molecule has 0 aliphatic rings. The van der Waals surface area contributed by atoms with Gasteiger partial charge in [-0.2, -0.15) is 0 Å². The Bertz CT molecular complexity index is 74.6. The quantitative estimate of drug-likeness (QED) is 0.378. The molecule has 2 nitrogen and oxygen atoms in total. The van der Waals surface area contributed by atoms with E-state index in [0.29, 0.717) is 4.48 Å². The molecule has 60 valence electrons. The average Bonchev–Trinajstić information content (AvgIpc) is 1.62. The zero-order valence-electron chi connectivity index (χ0n) is 6.59. The van der Waals surface area contributed by atoms with Crippen molar-refractivity contribution in [3.63, 3.8) is 0 Å². The fourth-order valence-corrected chi connectivity index (χ4v) is 0.548. The van der Waals surface area contributed by atoms with E-state index in [2.05, 4.69) is 0 Å². The maximum atomic E-state index is 9.17. The number of rotatable bonds is 2. The van der Waals surface area contributed by atoms with Crippen molar-refractivity contribution in [1.82, 2.24) is 0 Å². The predicted octanol–water partition coefficient (Wildman–Crippen LogP) is 0.194. The molecule has 0 aromatic heterocycles. The van der Waals surface area contributed by atoms with E-state index in [1.807, 2.05) is 28.1 Å². The standard InChI is InChI=1S/C6H16NO.ClH.K.H/c1-5-6(8)7(2,3)4;;;/h6,8H,5H2,1-4H3;1H;;/q+1;;;. The van der Waals surface area contributed by atoms with E-state index in [0.717, 1.165) is 6.42 Å². The maximum absolute atomic E-state index is 9.17. The molecule has 0 aromatic carbocycles. The van der Waals surface area contributed by atoms with Crippen molar-refractivity contribution in [3.05, 3.63) is 0 Å². The van der Waals surface area contributed by atoms with Crippen molar-refractivity contribution in [2.75, 3.05) is 21.1 Å². The first kappa shape index (κ1) is 17.8. The molecular weight excluding hydrogens is 177 g/mol. The van der Waals surface area contributed by atoms with E-state index < -0.39 is 0 Å². The first-order chi connectivity index (χ1) is 3.48. The van der Waals surface area contributed by atoms with Gasteiger partial charge in [-0.1, -0.05) is 6.92 Å². The molecule has 0 spiro atoms. The molecule has 10 heavy (non-hydrogen) atoms.